The van der Waals surface area contributed by atoms with E-state index in [1.54, 1.807) is 0 Å². The Kier molecular flexibility index (Phi) is 55.7. The van der Waals surface area contributed by atoms with Crippen LogP contribution >= 0.6 is 15.6 Å². The van der Waals surface area contributed by atoms with Gasteiger partial charge in [0.1, 0.15) is 19.3 Å². The third-order valence-electron chi connectivity index (χ3n) is 15.7. The molecule has 0 fully saturated rings. The summed E-state index contributed by atoms with van der Waals surface area (Å²) >= 11 is 0. The predicted octanol–water partition coefficient (Wildman–Crippen LogP) is 18.5. The molecule has 0 rings (SSSR count). The van der Waals surface area contributed by atoms with E-state index >= 15 is 0 Å². The second kappa shape index (κ2) is 57.0. The van der Waals surface area contributed by atoms with Crippen LogP contribution in [0.4, 0.5) is 0 Å². The van der Waals surface area contributed by atoms with E-state index in [1.165, 1.54) is 122 Å². The molecule has 0 aliphatic heterocycles. The summed E-state index contributed by atoms with van der Waals surface area (Å²) in [5.74, 6) is 0.785. The van der Waals surface area contributed by atoms with Gasteiger partial charge in [-0.05, 0) is 49.4 Å². The summed E-state index contributed by atoms with van der Waals surface area (Å²) in [5.41, 5.74) is 0. The van der Waals surface area contributed by atoms with Gasteiger partial charge in [-0.1, -0.05) is 274 Å². The first-order valence-electron chi connectivity index (χ1n) is 34.7. The lowest BCUT2D eigenvalue weighted by atomic mass is 9.99. The van der Waals surface area contributed by atoms with Gasteiger partial charge < -0.3 is 33.8 Å². The van der Waals surface area contributed by atoms with Gasteiger partial charge in [-0.25, -0.2) is 9.13 Å². The Morgan fingerprint density at radius 3 is 0.826 bits per heavy atom. The molecule has 3 N–H and O–H groups in total. The van der Waals surface area contributed by atoms with Crippen LogP contribution in [0.3, 0.4) is 0 Å². The molecular formula is C67H130O17P2. The van der Waals surface area contributed by atoms with Crippen LogP contribution < -0.4 is 0 Å². The van der Waals surface area contributed by atoms with E-state index in [1.807, 2.05) is 0 Å². The van der Waals surface area contributed by atoms with Crippen molar-refractivity contribution < 1.29 is 80.2 Å². The number of phosphoric ester groups is 2. The highest BCUT2D eigenvalue weighted by molar-refractivity contribution is 7.47. The predicted molar refractivity (Wildman–Crippen MR) is 344 cm³/mol. The number of carbonyl (C=O) groups excluding carboxylic acids is 4. The molecule has 86 heavy (non-hydrogen) atoms. The largest absolute Gasteiger partial charge is 0.472 e. The highest BCUT2D eigenvalue weighted by Gasteiger charge is 2.30. The molecule has 0 saturated heterocycles. The molecule has 0 saturated carbocycles. The lowest BCUT2D eigenvalue weighted by molar-refractivity contribution is -0.161. The third kappa shape index (κ3) is 59.7. The minimum atomic E-state index is -4.95. The highest BCUT2D eigenvalue weighted by Crippen LogP contribution is 2.45. The zero-order valence-corrected chi connectivity index (χ0v) is 57.7. The van der Waals surface area contributed by atoms with Gasteiger partial charge in [0.15, 0.2) is 12.2 Å². The highest BCUT2D eigenvalue weighted by atomic mass is 31.2. The minimum absolute atomic E-state index is 0.100. The number of unbranched alkanes of at least 4 members (excludes halogenated alkanes) is 29. The monoisotopic (exact) mass is 1270 g/mol. The van der Waals surface area contributed by atoms with Gasteiger partial charge in [0.05, 0.1) is 26.4 Å². The maximum Gasteiger partial charge on any atom is 0.472 e. The summed E-state index contributed by atoms with van der Waals surface area (Å²) in [5, 5.41) is 10.6. The van der Waals surface area contributed by atoms with Gasteiger partial charge in [0, 0.05) is 25.7 Å². The normalized spacial score (nSPS) is 14.7. The molecule has 0 bridgehead atoms. The van der Waals surface area contributed by atoms with Crippen LogP contribution in [-0.4, -0.2) is 96.7 Å². The number of hydrogen-bond donors (Lipinski definition) is 3. The molecule has 0 aliphatic rings. The number of carbonyl (C=O) groups is 4. The summed E-state index contributed by atoms with van der Waals surface area (Å²) in [6.45, 7) is 14.0. The Morgan fingerprint density at radius 2 is 0.558 bits per heavy atom. The average Bonchev–Trinajstić information content (AvgIpc) is 3.65. The summed E-state index contributed by atoms with van der Waals surface area (Å²) in [7, 11) is -9.89. The van der Waals surface area contributed by atoms with Crippen LogP contribution in [0.5, 0.6) is 0 Å². The van der Waals surface area contributed by atoms with Crippen LogP contribution in [0.1, 0.15) is 325 Å². The number of phosphoric acid groups is 2. The minimum Gasteiger partial charge on any atom is -0.462 e. The van der Waals surface area contributed by atoms with Crippen molar-refractivity contribution in [3.63, 3.8) is 0 Å². The van der Waals surface area contributed by atoms with Crippen molar-refractivity contribution in [1.82, 2.24) is 0 Å². The van der Waals surface area contributed by atoms with Crippen molar-refractivity contribution in [1.29, 1.82) is 0 Å². The summed E-state index contributed by atoms with van der Waals surface area (Å²) in [6, 6.07) is 0. The second-order valence-corrected chi connectivity index (χ2v) is 28.8. The molecule has 0 aliphatic carbocycles. The van der Waals surface area contributed by atoms with Crippen molar-refractivity contribution in [2.24, 2.45) is 23.7 Å². The van der Waals surface area contributed by atoms with E-state index in [2.05, 4.69) is 55.4 Å². The second-order valence-electron chi connectivity index (χ2n) is 25.9. The SMILES string of the molecule is CCC(C)CCCCCCCCCCCCC(=O)OC[C@H](COP(=O)(O)OC[C@@H](O)COP(=O)(O)OC[C@@H](COC(=O)CCCCCCCCC(C)C)OC(=O)CCCCCCCCC(C)C)OC(=O)CCCCCCCCCCCCCC(C)C. The molecule has 0 heterocycles. The van der Waals surface area contributed by atoms with Crippen LogP contribution in [0, 0.1) is 23.7 Å². The van der Waals surface area contributed by atoms with E-state index < -0.39 is 97.5 Å². The van der Waals surface area contributed by atoms with Crippen molar-refractivity contribution >= 4 is 39.5 Å². The third-order valence-corrected chi connectivity index (χ3v) is 17.6. The van der Waals surface area contributed by atoms with E-state index in [-0.39, 0.29) is 25.7 Å². The quantitative estimate of drug-likeness (QED) is 0.0222. The Labute approximate surface area is 524 Å². The zero-order valence-electron chi connectivity index (χ0n) is 55.9. The summed E-state index contributed by atoms with van der Waals surface area (Å²) in [6.07, 6.45) is 37.8. The average molecular weight is 1270 g/mol. The van der Waals surface area contributed by atoms with Crippen LogP contribution in [0.15, 0.2) is 0 Å². The number of esters is 4. The Hall–Kier alpha value is -1.94. The molecule has 0 amide bonds. The van der Waals surface area contributed by atoms with Crippen molar-refractivity contribution in [3.05, 3.63) is 0 Å². The van der Waals surface area contributed by atoms with Gasteiger partial charge in [0.25, 0.3) is 0 Å². The lowest BCUT2D eigenvalue weighted by Crippen LogP contribution is -2.30. The van der Waals surface area contributed by atoms with Crippen LogP contribution in [-0.2, 0) is 65.4 Å². The number of aliphatic hydroxyl groups is 1. The van der Waals surface area contributed by atoms with Gasteiger partial charge in [0.2, 0.25) is 0 Å². The maximum absolute atomic E-state index is 13.0. The Morgan fingerprint density at radius 1 is 0.326 bits per heavy atom. The van der Waals surface area contributed by atoms with Crippen molar-refractivity contribution in [3.8, 4) is 0 Å². The molecule has 0 aromatic rings. The molecule has 6 atom stereocenters. The first-order chi connectivity index (χ1) is 41.1. The van der Waals surface area contributed by atoms with Crippen molar-refractivity contribution in [2.75, 3.05) is 39.6 Å². The van der Waals surface area contributed by atoms with E-state index in [4.69, 9.17) is 37.0 Å². The number of rotatable bonds is 64. The molecular weight excluding hydrogens is 1140 g/mol. The first-order valence-corrected chi connectivity index (χ1v) is 37.7. The molecule has 0 aromatic heterocycles. The molecule has 3 unspecified atom stereocenters. The number of aliphatic hydroxyl groups excluding tert-OH is 1. The van der Waals surface area contributed by atoms with E-state index in [0.717, 1.165) is 108 Å². The molecule has 0 spiro atoms. The molecule has 0 radical (unpaired) electrons. The topological polar surface area (TPSA) is 237 Å². The summed E-state index contributed by atoms with van der Waals surface area (Å²) < 4.78 is 68.1. The molecule has 19 heteroatoms. The van der Waals surface area contributed by atoms with Crippen molar-refractivity contribution in [2.45, 2.75) is 343 Å². The van der Waals surface area contributed by atoms with Crippen LogP contribution in [0.2, 0.25) is 0 Å². The fraction of sp³-hybridized carbons (Fsp3) is 0.940. The Bertz CT molecular complexity index is 1720. The van der Waals surface area contributed by atoms with Gasteiger partial charge in [-0.2, -0.15) is 0 Å². The fourth-order valence-corrected chi connectivity index (χ4v) is 11.5. The maximum atomic E-state index is 13.0. The first kappa shape index (κ1) is 84.1. The van der Waals surface area contributed by atoms with Crippen LogP contribution in [0.25, 0.3) is 0 Å². The molecule has 17 nitrogen and oxygen atoms in total. The van der Waals surface area contributed by atoms with Gasteiger partial charge in [-0.3, -0.25) is 37.3 Å². The Balaban J connectivity index is 5.24. The lowest BCUT2D eigenvalue weighted by Gasteiger charge is -2.21. The van der Waals surface area contributed by atoms with E-state index in [9.17, 15) is 43.2 Å². The smallest absolute Gasteiger partial charge is 0.462 e. The summed E-state index contributed by atoms with van der Waals surface area (Å²) in [4.78, 5) is 72.3. The van der Waals surface area contributed by atoms with Gasteiger partial charge in [-0.15, -0.1) is 0 Å². The van der Waals surface area contributed by atoms with Gasteiger partial charge >= 0.3 is 39.5 Å². The van der Waals surface area contributed by atoms with E-state index in [0.29, 0.717) is 37.5 Å². The molecule has 510 valence electrons. The number of ether oxygens (including phenoxy) is 4. The standard InChI is InChI=1S/C67H130O17P2/c1-9-60(8)46-38-30-20-16-13-14-17-21-31-39-47-64(69)77-53-62(83-66(71)49-41-33-22-18-12-10-11-15-19-27-35-43-57(2)3)55-81-85(73,74)79-51-61(68)52-80-86(75,76)82-56-63(84-67(72)50-42-34-26-24-29-37-45-59(6)7)54-78-65(70)48-40-32-25-23-28-36-44-58(4)5/h57-63,68H,9-56H2,1-8H3,(H,73,74)(H,75,76)/t60?,61-,62-,63-/m1/s1. The fourth-order valence-electron chi connectivity index (χ4n) is 9.93. The molecule has 0 aromatic carbocycles. The number of hydrogen-bond acceptors (Lipinski definition) is 15. The zero-order chi connectivity index (χ0) is 63.9.